The minimum Gasteiger partial charge on any atom is -0.478 e. The smallest absolute Gasteiger partial charge is 0.337 e. The van der Waals surface area contributed by atoms with Crippen LogP contribution in [0.4, 0.5) is 17.1 Å². The third kappa shape index (κ3) is 8.99. The molecule has 54 heavy (non-hydrogen) atoms. The number of aromatic nitrogens is 2. The highest BCUT2D eigenvalue weighted by Crippen LogP contribution is 2.43. The summed E-state index contributed by atoms with van der Waals surface area (Å²) in [5, 5.41) is 12.1. The van der Waals surface area contributed by atoms with Crippen LogP contribution in [0.15, 0.2) is 66.4 Å². The minimum atomic E-state index is -1.14. The summed E-state index contributed by atoms with van der Waals surface area (Å²) in [5.41, 5.74) is 8.25. The topological polar surface area (TPSA) is 83.3 Å². The van der Waals surface area contributed by atoms with E-state index in [9.17, 15) is 9.90 Å². The van der Waals surface area contributed by atoms with E-state index in [4.69, 9.17) is 26.1 Å². The van der Waals surface area contributed by atoms with Crippen molar-refractivity contribution in [3.05, 3.63) is 82.5 Å². The Morgan fingerprint density at radius 1 is 0.981 bits per heavy atom. The van der Waals surface area contributed by atoms with Crippen molar-refractivity contribution in [2.24, 2.45) is 5.41 Å². The van der Waals surface area contributed by atoms with Crippen molar-refractivity contribution in [3.63, 3.8) is 0 Å². The Balaban J connectivity index is 1.09. The molecule has 11 heteroatoms. The standard InChI is InChI=1S/C43H56ClN5O4Si/c1-43(2)15-13-36(31-7-9-34(44)10-8-31)33(29-43)30-46-18-20-47(21-19-46)35-11-12-37(42(50)51)38(28-35)49-16-6-23-53-41-39(49)27-32-14-17-48(40(32)45-41)22-24-52-25-26-54(3,4)5/h7-12,14,17,27-28H,6,13,15-16,18-26,29-30H2,1-5H3,(H,50,51). The first-order valence-electron chi connectivity index (χ1n) is 19.6. The molecule has 4 heterocycles. The Morgan fingerprint density at radius 2 is 1.76 bits per heavy atom. The van der Waals surface area contributed by atoms with Gasteiger partial charge in [0.1, 0.15) is 11.3 Å². The molecule has 1 N–H and O–H groups in total. The second-order valence-electron chi connectivity index (χ2n) is 17.2. The number of hydrogen-bond donors (Lipinski definition) is 1. The van der Waals surface area contributed by atoms with Gasteiger partial charge in [-0.2, -0.15) is 4.98 Å². The first kappa shape index (κ1) is 38.4. The summed E-state index contributed by atoms with van der Waals surface area (Å²) < 4.78 is 14.3. The summed E-state index contributed by atoms with van der Waals surface area (Å²) >= 11 is 6.24. The summed E-state index contributed by atoms with van der Waals surface area (Å²) in [6.07, 6.45) is 6.18. The fourth-order valence-corrected chi connectivity index (χ4v) is 8.97. The molecule has 0 bridgehead atoms. The van der Waals surface area contributed by atoms with Crippen LogP contribution in [0, 0.1) is 5.41 Å². The number of nitrogens with zero attached hydrogens (tertiary/aromatic N) is 5. The number of carboxylic acids is 1. The number of carbonyl (C=O) groups is 1. The average molecular weight is 770 g/mol. The maximum atomic E-state index is 12.7. The number of rotatable bonds is 12. The number of halogens is 1. The fourth-order valence-electron chi connectivity index (χ4n) is 8.09. The lowest BCUT2D eigenvalue weighted by molar-refractivity contribution is 0.0697. The van der Waals surface area contributed by atoms with Crippen molar-refractivity contribution in [3.8, 4) is 5.88 Å². The van der Waals surface area contributed by atoms with Crippen molar-refractivity contribution in [1.82, 2.24) is 14.5 Å². The summed E-state index contributed by atoms with van der Waals surface area (Å²) in [4.78, 5) is 24.8. The average Bonchev–Trinajstić information content (AvgIpc) is 3.40. The van der Waals surface area contributed by atoms with Crippen molar-refractivity contribution in [2.75, 3.05) is 68.9 Å². The van der Waals surface area contributed by atoms with Crippen LogP contribution < -0.4 is 14.5 Å². The number of allylic oxidation sites excluding steroid dienone is 1. The van der Waals surface area contributed by atoms with Gasteiger partial charge in [0.2, 0.25) is 5.88 Å². The van der Waals surface area contributed by atoms with E-state index in [0.29, 0.717) is 43.3 Å². The van der Waals surface area contributed by atoms with Crippen LogP contribution in [0.25, 0.3) is 16.6 Å². The lowest BCUT2D eigenvalue weighted by Gasteiger charge is -2.40. The van der Waals surface area contributed by atoms with E-state index in [2.05, 4.69) is 89.3 Å². The summed E-state index contributed by atoms with van der Waals surface area (Å²) in [5.74, 6) is -0.407. The highest BCUT2D eigenvalue weighted by atomic mass is 35.5. The SMILES string of the molecule is CC1(C)CCC(c2ccc(Cl)cc2)=C(CN2CCN(c3ccc(C(=O)O)c(N4CCCOc5nc6c(ccn6CCOCC[Si](C)(C)C)cc54)c3)CC2)C1. The molecule has 2 aromatic carbocycles. The molecule has 9 nitrogen and oxygen atoms in total. The number of piperazine rings is 1. The van der Waals surface area contributed by atoms with E-state index in [1.54, 1.807) is 11.6 Å². The molecule has 0 unspecified atom stereocenters. The molecule has 288 valence electrons. The number of aromatic carboxylic acids is 1. The van der Waals surface area contributed by atoms with Gasteiger partial charge in [0.05, 0.1) is 24.5 Å². The molecular formula is C43H56ClN5O4Si. The zero-order chi connectivity index (χ0) is 38.0. The molecule has 1 saturated heterocycles. The number of ether oxygens (including phenoxy) is 2. The molecule has 0 radical (unpaired) electrons. The number of anilines is 3. The maximum absolute atomic E-state index is 12.7. The van der Waals surface area contributed by atoms with Crippen molar-refractivity contribution < 1.29 is 19.4 Å². The van der Waals surface area contributed by atoms with Crippen LogP contribution in [-0.2, 0) is 11.3 Å². The molecule has 2 aromatic heterocycles. The van der Waals surface area contributed by atoms with Gasteiger partial charge >= 0.3 is 5.97 Å². The van der Waals surface area contributed by atoms with Gasteiger partial charge in [-0.15, -0.1) is 0 Å². The highest BCUT2D eigenvalue weighted by molar-refractivity contribution is 6.76. The van der Waals surface area contributed by atoms with Gasteiger partial charge in [-0.3, -0.25) is 4.90 Å². The number of fused-ring (bicyclic) bond motifs is 2. The molecular weight excluding hydrogens is 714 g/mol. The van der Waals surface area contributed by atoms with E-state index in [-0.39, 0.29) is 5.56 Å². The van der Waals surface area contributed by atoms with Crippen LogP contribution in [0.1, 0.15) is 55.5 Å². The van der Waals surface area contributed by atoms with E-state index < -0.39 is 14.0 Å². The Kier molecular flexibility index (Phi) is 11.5. The summed E-state index contributed by atoms with van der Waals surface area (Å²) in [7, 11) is -1.14. The molecule has 1 fully saturated rings. The summed E-state index contributed by atoms with van der Waals surface area (Å²) in [6.45, 7) is 19.7. The van der Waals surface area contributed by atoms with Crippen LogP contribution >= 0.6 is 11.6 Å². The Bertz CT molecular complexity index is 2000. The summed E-state index contributed by atoms with van der Waals surface area (Å²) in [6, 6.07) is 19.5. The molecule has 1 aliphatic carbocycles. The number of hydrogen-bond acceptors (Lipinski definition) is 7. The van der Waals surface area contributed by atoms with E-state index >= 15 is 0 Å². The molecule has 4 aromatic rings. The minimum absolute atomic E-state index is 0.278. The maximum Gasteiger partial charge on any atom is 0.337 e. The zero-order valence-corrected chi connectivity index (χ0v) is 34.4. The van der Waals surface area contributed by atoms with E-state index in [0.717, 1.165) is 92.1 Å². The Morgan fingerprint density at radius 3 is 2.50 bits per heavy atom. The van der Waals surface area contributed by atoms with Crippen molar-refractivity contribution in [2.45, 2.75) is 71.8 Å². The van der Waals surface area contributed by atoms with E-state index in [1.807, 2.05) is 18.2 Å². The van der Waals surface area contributed by atoms with Crippen molar-refractivity contribution >= 4 is 59.3 Å². The van der Waals surface area contributed by atoms with Crippen LogP contribution in [0.3, 0.4) is 0 Å². The molecule has 0 atom stereocenters. The molecule has 0 amide bonds. The first-order valence-corrected chi connectivity index (χ1v) is 23.7. The number of benzene rings is 2. The molecule has 0 saturated carbocycles. The quantitative estimate of drug-likeness (QED) is 0.113. The van der Waals surface area contributed by atoms with Gasteiger partial charge in [-0.25, -0.2) is 4.79 Å². The fraction of sp³-hybridized carbons (Fsp3) is 0.488. The van der Waals surface area contributed by atoms with Gasteiger partial charge in [-0.05, 0) is 90.7 Å². The lowest BCUT2D eigenvalue weighted by Crippen LogP contribution is -2.47. The largest absolute Gasteiger partial charge is 0.478 e. The van der Waals surface area contributed by atoms with Crippen molar-refractivity contribution in [1.29, 1.82) is 0 Å². The van der Waals surface area contributed by atoms with Gasteiger partial charge in [-0.1, -0.05) is 62.8 Å². The van der Waals surface area contributed by atoms with Gasteiger partial charge in [0.25, 0.3) is 0 Å². The number of carboxylic acid groups (broad SMARTS) is 1. The lowest BCUT2D eigenvalue weighted by atomic mass is 9.73. The highest BCUT2D eigenvalue weighted by Gasteiger charge is 2.30. The third-order valence-corrected chi connectivity index (χ3v) is 13.2. The Labute approximate surface area is 326 Å². The predicted molar refractivity (Wildman–Crippen MR) is 224 cm³/mol. The van der Waals surface area contributed by atoms with Crippen LogP contribution in [-0.4, -0.2) is 92.7 Å². The second-order valence-corrected chi connectivity index (χ2v) is 23.3. The van der Waals surface area contributed by atoms with Crippen LogP contribution in [0.5, 0.6) is 5.88 Å². The molecule has 2 aliphatic heterocycles. The van der Waals surface area contributed by atoms with Gasteiger partial charge < -0.3 is 28.9 Å². The molecule has 3 aliphatic rings. The molecule has 7 rings (SSSR count). The molecule has 0 spiro atoms. The van der Waals surface area contributed by atoms with Gasteiger partial charge in [0.15, 0.2) is 0 Å². The zero-order valence-electron chi connectivity index (χ0n) is 32.7. The Hall–Kier alpha value is -3.83. The van der Waals surface area contributed by atoms with Gasteiger partial charge in [0, 0.05) is 82.8 Å². The predicted octanol–water partition coefficient (Wildman–Crippen LogP) is 9.45. The normalized spacial score (nSPS) is 18.1. The monoisotopic (exact) mass is 769 g/mol. The first-order chi connectivity index (χ1) is 25.8. The third-order valence-electron chi connectivity index (χ3n) is 11.2. The van der Waals surface area contributed by atoms with E-state index in [1.165, 1.54) is 17.6 Å². The second kappa shape index (κ2) is 16.1. The van der Waals surface area contributed by atoms with Crippen LogP contribution in [0.2, 0.25) is 30.7 Å². The number of pyridine rings is 1.